The van der Waals surface area contributed by atoms with Gasteiger partial charge in [0.1, 0.15) is 0 Å². The Morgan fingerprint density at radius 2 is 2.39 bits per heavy atom. The van der Waals surface area contributed by atoms with Gasteiger partial charge >= 0.3 is 0 Å². The Hall–Kier alpha value is -1.37. The van der Waals surface area contributed by atoms with Crippen molar-refractivity contribution in [2.75, 3.05) is 11.9 Å². The van der Waals surface area contributed by atoms with Crippen molar-refractivity contribution in [1.82, 2.24) is 5.32 Å². The highest BCUT2D eigenvalue weighted by atomic mass is 79.9. The lowest BCUT2D eigenvalue weighted by Crippen LogP contribution is -2.58. The molecule has 0 spiro atoms. The number of carbonyl (C=O) groups is 1. The monoisotopic (exact) mass is 369 g/mol. The number of benzene rings is 1. The van der Waals surface area contributed by atoms with E-state index in [2.05, 4.69) is 39.2 Å². The van der Waals surface area contributed by atoms with Crippen molar-refractivity contribution in [3.05, 3.63) is 47.0 Å². The number of piperidine rings is 1. The summed E-state index contributed by atoms with van der Waals surface area (Å²) in [6, 6.07) is 6.69. The SMILES string of the molecule is O=C(/C=C/CBr)c1cccc2c1C[C@H]1NCC[C@@]23C#CCC[C@@H]13. The van der Waals surface area contributed by atoms with Gasteiger partial charge in [0.05, 0.1) is 5.41 Å². The molecule has 0 saturated carbocycles. The lowest BCUT2D eigenvalue weighted by Gasteiger charge is -2.52. The number of allylic oxidation sites excluding steroid dienone is 2. The molecule has 2 aliphatic carbocycles. The van der Waals surface area contributed by atoms with E-state index >= 15 is 0 Å². The van der Waals surface area contributed by atoms with E-state index in [4.69, 9.17) is 0 Å². The number of alkyl halides is 1. The van der Waals surface area contributed by atoms with Gasteiger partial charge in [-0.1, -0.05) is 46.1 Å². The Labute approximate surface area is 145 Å². The highest BCUT2D eigenvalue weighted by Crippen LogP contribution is 2.49. The van der Waals surface area contributed by atoms with Gasteiger partial charge in [-0.15, -0.1) is 5.92 Å². The van der Waals surface area contributed by atoms with Gasteiger partial charge in [-0.05, 0) is 48.9 Å². The third kappa shape index (κ3) is 2.31. The maximum absolute atomic E-state index is 12.6. The van der Waals surface area contributed by atoms with Crippen molar-refractivity contribution >= 4 is 21.7 Å². The summed E-state index contributed by atoms with van der Waals surface area (Å²) in [5, 5.41) is 4.39. The quantitative estimate of drug-likeness (QED) is 0.383. The summed E-state index contributed by atoms with van der Waals surface area (Å²) >= 11 is 3.34. The van der Waals surface area contributed by atoms with Crippen LogP contribution in [0.1, 0.15) is 40.7 Å². The van der Waals surface area contributed by atoms with Gasteiger partial charge in [-0.25, -0.2) is 0 Å². The van der Waals surface area contributed by atoms with Gasteiger partial charge in [0.15, 0.2) is 5.78 Å². The van der Waals surface area contributed by atoms with E-state index in [1.165, 1.54) is 17.5 Å². The van der Waals surface area contributed by atoms with Crippen LogP contribution in [0.3, 0.4) is 0 Å². The minimum absolute atomic E-state index is 0.0306. The van der Waals surface area contributed by atoms with Gasteiger partial charge in [0.2, 0.25) is 0 Å². The summed E-state index contributed by atoms with van der Waals surface area (Å²) in [4.78, 5) is 12.6. The first-order valence-corrected chi connectivity index (χ1v) is 9.51. The number of fused-ring (bicyclic) bond motifs is 1. The number of carbonyl (C=O) groups excluding carboxylic acids is 1. The summed E-state index contributed by atoms with van der Waals surface area (Å²) < 4.78 is 0. The molecule has 1 heterocycles. The fourth-order valence-corrected chi connectivity index (χ4v) is 4.90. The molecule has 0 unspecified atom stereocenters. The Morgan fingerprint density at radius 1 is 1.48 bits per heavy atom. The number of hydrogen-bond acceptors (Lipinski definition) is 2. The lowest BCUT2D eigenvalue weighted by molar-refractivity contribution is 0.104. The summed E-state index contributed by atoms with van der Waals surface area (Å²) in [5.41, 5.74) is 3.38. The van der Waals surface area contributed by atoms with Crippen molar-refractivity contribution in [3.8, 4) is 11.8 Å². The summed E-state index contributed by atoms with van der Waals surface area (Å²) in [6.07, 6.45) is 7.74. The van der Waals surface area contributed by atoms with Crippen molar-refractivity contribution in [2.45, 2.75) is 37.1 Å². The van der Waals surface area contributed by atoms with Gasteiger partial charge in [-0.2, -0.15) is 0 Å². The topological polar surface area (TPSA) is 29.1 Å². The van der Waals surface area contributed by atoms with Crippen molar-refractivity contribution in [1.29, 1.82) is 0 Å². The molecule has 3 atom stereocenters. The molecule has 23 heavy (non-hydrogen) atoms. The maximum atomic E-state index is 12.6. The number of nitrogens with one attached hydrogen (secondary N) is 1. The second-order valence-electron chi connectivity index (χ2n) is 6.69. The average Bonchev–Trinajstić information content (AvgIpc) is 2.59. The highest BCUT2D eigenvalue weighted by molar-refractivity contribution is 9.09. The fraction of sp³-hybridized carbons (Fsp3) is 0.450. The predicted molar refractivity (Wildman–Crippen MR) is 96.0 cm³/mol. The van der Waals surface area contributed by atoms with Crippen LogP contribution in [0.4, 0.5) is 0 Å². The summed E-state index contributed by atoms with van der Waals surface area (Å²) in [6.45, 7) is 1.02. The van der Waals surface area contributed by atoms with Crippen LogP contribution < -0.4 is 5.32 Å². The molecule has 1 saturated heterocycles. The second kappa shape index (κ2) is 5.92. The molecule has 2 bridgehead atoms. The van der Waals surface area contributed by atoms with Gasteiger partial charge in [0, 0.05) is 23.4 Å². The molecule has 1 fully saturated rings. The average molecular weight is 370 g/mol. The number of rotatable bonds is 3. The standard InChI is InChI=1S/C20H20BrNO/c21-11-4-8-19(23)14-5-3-7-16-15(14)13-18-17-6-1-2-9-20(16,17)10-12-22-18/h3-5,7-8,17-18,22H,1,6,10-13H2/b8-4+/t17-,18+,20-/m0/s1. The fourth-order valence-electron chi connectivity index (χ4n) is 4.71. The van der Waals surface area contributed by atoms with Crippen molar-refractivity contribution in [2.24, 2.45) is 5.92 Å². The van der Waals surface area contributed by atoms with Crippen molar-refractivity contribution < 1.29 is 4.79 Å². The van der Waals surface area contributed by atoms with Crippen LogP contribution >= 0.6 is 15.9 Å². The minimum atomic E-state index is -0.0306. The third-order valence-electron chi connectivity index (χ3n) is 5.64. The molecule has 0 radical (unpaired) electrons. The van der Waals surface area contributed by atoms with Gasteiger partial charge < -0.3 is 5.32 Å². The van der Waals surface area contributed by atoms with Crippen LogP contribution in [0.25, 0.3) is 0 Å². The Morgan fingerprint density at radius 3 is 3.26 bits per heavy atom. The van der Waals surface area contributed by atoms with Crippen molar-refractivity contribution in [3.63, 3.8) is 0 Å². The smallest absolute Gasteiger partial charge is 0.185 e. The molecule has 118 valence electrons. The molecule has 4 rings (SSSR count). The molecular formula is C20H20BrNO. The normalized spacial score (nSPS) is 31.0. The molecule has 1 aromatic carbocycles. The first-order valence-electron chi connectivity index (χ1n) is 8.39. The minimum Gasteiger partial charge on any atom is -0.313 e. The Balaban J connectivity index is 1.87. The number of halogens is 1. The molecule has 2 nitrogen and oxygen atoms in total. The van der Waals surface area contributed by atoms with Crippen LogP contribution in [-0.2, 0) is 11.8 Å². The number of hydrogen-bond donors (Lipinski definition) is 1. The Kier molecular flexibility index (Phi) is 3.91. The molecule has 0 aromatic heterocycles. The predicted octanol–water partition coefficient (Wildman–Crippen LogP) is 3.39. The van der Waals surface area contributed by atoms with E-state index in [0.717, 1.165) is 31.4 Å². The first kappa shape index (κ1) is 15.2. The zero-order chi connectivity index (χ0) is 15.9. The van der Waals surface area contributed by atoms with Crippen LogP contribution in [0.2, 0.25) is 0 Å². The molecule has 0 amide bonds. The van der Waals surface area contributed by atoms with E-state index < -0.39 is 0 Å². The molecule has 1 aliphatic heterocycles. The molecule has 1 N–H and O–H groups in total. The molecule has 1 aromatic rings. The Bertz CT molecular complexity index is 742. The summed E-state index contributed by atoms with van der Waals surface area (Å²) in [7, 11) is 0. The zero-order valence-corrected chi connectivity index (χ0v) is 14.7. The molecular weight excluding hydrogens is 350 g/mol. The molecule has 3 heteroatoms. The van der Waals surface area contributed by atoms with Crippen LogP contribution in [0.5, 0.6) is 0 Å². The molecule has 3 aliphatic rings. The van der Waals surface area contributed by atoms with E-state index in [-0.39, 0.29) is 11.2 Å². The zero-order valence-electron chi connectivity index (χ0n) is 13.1. The number of ketones is 1. The highest BCUT2D eigenvalue weighted by Gasteiger charge is 2.51. The lowest BCUT2D eigenvalue weighted by atomic mass is 9.55. The first-order chi connectivity index (χ1) is 11.3. The second-order valence-corrected chi connectivity index (χ2v) is 7.33. The maximum Gasteiger partial charge on any atom is 0.185 e. The largest absolute Gasteiger partial charge is 0.313 e. The van der Waals surface area contributed by atoms with E-state index in [0.29, 0.717) is 17.3 Å². The summed E-state index contributed by atoms with van der Waals surface area (Å²) in [5.74, 6) is 7.68. The van der Waals surface area contributed by atoms with Crippen LogP contribution in [0, 0.1) is 17.8 Å². The van der Waals surface area contributed by atoms with Gasteiger partial charge in [-0.3, -0.25) is 4.79 Å². The van der Waals surface area contributed by atoms with E-state index in [1.54, 1.807) is 6.08 Å². The van der Waals surface area contributed by atoms with E-state index in [9.17, 15) is 4.79 Å². The van der Waals surface area contributed by atoms with Crippen LogP contribution in [0.15, 0.2) is 30.4 Å². The van der Waals surface area contributed by atoms with Crippen LogP contribution in [-0.4, -0.2) is 23.7 Å². The van der Waals surface area contributed by atoms with E-state index in [1.807, 2.05) is 18.2 Å². The third-order valence-corrected chi connectivity index (χ3v) is 6.01. The van der Waals surface area contributed by atoms with Gasteiger partial charge in [0.25, 0.3) is 0 Å².